The van der Waals surface area contributed by atoms with Crippen LogP contribution in [0.2, 0.25) is 0 Å². The monoisotopic (exact) mass is 368 g/mol. The molecule has 27 heavy (non-hydrogen) atoms. The molecule has 0 aromatic heterocycles. The summed E-state index contributed by atoms with van der Waals surface area (Å²) in [5.74, 6) is -0.950. The van der Waals surface area contributed by atoms with Crippen LogP contribution in [0.3, 0.4) is 0 Å². The zero-order valence-electron chi connectivity index (χ0n) is 15.4. The number of ether oxygens (including phenoxy) is 1. The average Bonchev–Trinajstić information content (AvgIpc) is 3.28. The number of amides is 3. The number of nitrogens with zero attached hydrogens (tertiary/aromatic N) is 1. The van der Waals surface area contributed by atoms with E-state index in [0.717, 1.165) is 19.4 Å². The van der Waals surface area contributed by atoms with Crippen molar-refractivity contribution in [1.82, 2.24) is 5.32 Å². The molecule has 0 bridgehead atoms. The van der Waals surface area contributed by atoms with Gasteiger partial charge >= 0.3 is 0 Å². The van der Waals surface area contributed by atoms with E-state index in [1.165, 1.54) is 4.90 Å². The highest BCUT2D eigenvalue weighted by atomic mass is 16.5. The van der Waals surface area contributed by atoms with Crippen molar-refractivity contribution in [1.29, 1.82) is 0 Å². The minimum Gasteiger partial charge on any atom is -0.376 e. The van der Waals surface area contributed by atoms with Gasteiger partial charge in [-0.05, 0) is 49.4 Å². The zero-order chi connectivity index (χ0) is 19.0. The Kier molecular flexibility index (Phi) is 4.83. The van der Waals surface area contributed by atoms with E-state index < -0.39 is 0 Å². The van der Waals surface area contributed by atoms with Crippen molar-refractivity contribution in [3.63, 3.8) is 0 Å². The first-order valence-corrected chi connectivity index (χ1v) is 9.60. The van der Waals surface area contributed by atoms with Crippen LogP contribution in [0.1, 0.15) is 36.5 Å². The van der Waals surface area contributed by atoms with Crippen molar-refractivity contribution in [2.24, 2.45) is 17.8 Å². The van der Waals surface area contributed by atoms with E-state index in [0.29, 0.717) is 24.2 Å². The Balaban J connectivity index is 1.45. The van der Waals surface area contributed by atoms with E-state index in [1.54, 1.807) is 24.3 Å². The molecule has 6 nitrogen and oxygen atoms in total. The van der Waals surface area contributed by atoms with Gasteiger partial charge < -0.3 is 10.1 Å². The van der Waals surface area contributed by atoms with Gasteiger partial charge in [0, 0.05) is 18.7 Å². The van der Waals surface area contributed by atoms with Crippen LogP contribution in [0.4, 0.5) is 5.69 Å². The number of imide groups is 1. The number of fused-ring (bicyclic) bond motifs is 1. The molecule has 0 spiro atoms. The second kappa shape index (κ2) is 7.27. The molecule has 0 saturated carbocycles. The first kappa shape index (κ1) is 17.9. The molecule has 0 unspecified atom stereocenters. The average molecular weight is 368 g/mol. The quantitative estimate of drug-likeness (QED) is 0.654. The molecule has 1 aromatic rings. The number of carbonyl (C=O) groups is 3. The molecule has 1 aliphatic carbocycles. The molecule has 1 aromatic carbocycles. The maximum atomic E-state index is 12.8. The molecule has 142 valence electrons. The van der Waals surface area contributed by atoms with Gasteiger partial charge in [0.05, 0.1) is 23.6 Å². The molecular weight excluding hydrogens is 344 g/mol. The number of anilines is 1. The van der Waals surface area contributed by atoms with Crippen molar-refractivity contribution >= 4 is 23.4 Å². The number of nitrogens with one attached hydrogen (secondary N) is 1. The maximum Gasteiger partial charge on any atom is 0.251 e. The molecule has 1 N–H and O–H groups in total. The first-order valence-electron chi connectivity index (χ1n) is 9.60. The summed E-state index contributed by atoms with van der Waals surface area (Å²) in [4.78, 5) is 39.1. The molecule has 6 heteroatoms. The van der Waals surface area contributed by atoms with Crippen molar-refractivity contribution in [3.05, 3.63) is 42.0 Å². The number of benzene rings is 1. The van der Waals surface area contributed by atoms with Crippen LogP contribution in [-0.2, 0) is 14.3 Å². The number of carbonyl (C=O) groups excluding carboxylic acids is 3. The van der Waals surface area contributed by atoms with Gasteiger partial charge in [0.25, 0.3) is 5.91 Å². The smallest absolute Gasteiger partial charge is 0.251 e. The lowest BCUT2D eigenvalue weighted by Gasteiger charge is -2.22. The largest absolute Gasteiger partial charge is 0.376 e. The summed E-state index contributed by atoms with van der Waals surface area (Å²) in [6.07, 6.45) is 6.70. The highest BCUT2D eigenvalue weighted by molar-refractivity contribution is 6.22. The topological polar surface area (TPSA) is 75.7 Å². The SMILES string of the molecule is C[C@@H]1C=CC[C@@H]2C(=O)N(c3ccc(C(=O)NC[C@@H]4CCCO4)cc3)C(=O)[C@H]12. The lowest BCUT2D eigenvalue weighted by molar-refractivity contribution is -0.122. The Morgan fingerprint density at radius 3 is 2.67 bits per heavy atom. The zero-order valence-corrected chi connectivity index (χ0v) is 15.4. The van der Waals surface area contributed by atoms with Crippen molar-refractivity contribution in [3.8, 4) is 0 Å². The molecule has 2 saturated heterocycles. The third-order valence-electron chi connectivity index (χ3n) is 5.77. The molecule has 2 fully saturated rings. The highest BCUT2D eigenvalue weighted by Crippen LogP contribution is 2.40. The summed E-state index contributed by atoms with van der Waals surface area (Å²) in [7, 11) is 0. The van der Waals surface area contributed by atoms with Crippen LogP contribution in [0.5, 0.6) is 0 Å². The Hall–Kier alpha value is -2.47. The maximum absolute atomic E-state index is 12.8. The van der Waals surface area contributed by atoms with E-state index in [1.807, 2.05) is 19.1 Å². The van der Waals surface area contributed by atoms with Gasteiger partial charge in [-0.15, -0.1) is 0 Å². The fraction of sp³-hybridized carbons (Fsp3) is 0.476. The second-order valence-corrected chi connectivity index (χ2v) is 7.56. The van der Waals surface area contributed by atoms with E-state index in [-0.39, 0.29) is 41.6 Å². The summed E-state index contributed by atoms with van der Waals surface area (Å²) in [5.41, 5.74) is 1.03. The lowest BCUT2D eigenvalue weighted by atomic mass is 9.78. The number of hydrogen-bond donors (Lipinski definition) is 1. The summed E-state index contributed by atoms with van der Waals surface area (Å²) in [6.45, 7) is 3.23. The first-order chi connectivity index (χ1) is 13.1. The lowest BCUT2D eigenvalue weighted by Crippen LogP contribution is -2.32. The van der Waals surface area contributed by atoms with Crippen LogP contribution >= 0.6 is 0 Å². The second-order valence-electron chi connectivity index (χ2n) is 7.56. The molecule has 3 aliphatic rings. The number of hydrogen-bond acceptors (Lipinski definition) is 4. The Morgan fingerprint density at radius 1 is 1.22 bits per heavy atom. The molecule has 4 atom stereocenters. The number of rotatable bonds is 4. The fourth-order valence-electron chi connectivity index (χ4n) is 4.28. The summed E-state index contributed by atoms with van der Waals surface area (Å²) >= 11 is 0. The Morgan fingerprint density at radius 2 is 2.00 bits per heavy atom. The molecule has 3 amide bonds. The molecule has 4 rings (SSSR count). The Labute approximate surface area is 158 Å². The van der Waals surface area contributed by atoms with E-state index in [9.17, 15) is 14.4 Å². The number of allylic oxidation sites excluding steroid dienone is 2. The van der Waals surface area contributed by atoms with E-state index in [4.69, 9.17) is 4.74 Å². The Bertz CT molecular complexity index is 780. The van der Waals surface area contributed by atoms with Gasteiger partial charge in [0.15, 0.2) is 0 Å². The van der Waals surface area contributed by atoms with Crippen LogP contribution in [0, 0.1) is 17.8 Å². The third-order valence-corrected chi connectivity index (χ3v) is 5.77. The van der Waals surface area contributed by atoms with Crippen LogP contribution < -0.4 is 10.2 Å². The summed E-state index contributed by atoms with van der Waals surface area (Å²) in [5, 5.41) is 2.87. The van der Waals surface area contributed by atoms with E-state index in [2.05, 4.69) is 5.32 Å². The predicted octanol–water partition coefficient (Wildman–Crippen LogP) is 2.30. The van der Waals surface area contributed by atoms with Crippen LogP contribution in [0.15, 0.2) is 36.4 Å². The minimum atomic E-state index is -0.281. The van der Waals surface area contributed by atoms with Gasteiger partial charge in [-0.3, -0.25) is 19.3 Å². The molecular formula is C21H24N2O4. The van der Waals surface area contributed by atoms with Gasteiger partial charge in [0.1, 0.15) is 0 Å². The van der Waals surface area contributed by atoms with Crippen molar-refractivity contribution in [2.75, 3.05) is 18.1 Å². The molecule has 2 heterocycles. The third kappa shape index (κ3) is 3.30. The normalized spacial score (nSPS) is 29.9. The minimum absolute atomic E-state index is 0.0630. The summed E-state index contributed by atoms with van der Waals surface area (Å²) < 4.78 is 5.50. The summed E-state index contributed by atoms with van der Waals surface area (Å²) in [6, 6.07) is 6.66. The fourth-order valence-corrected chi connectivity index (χ4v) is 4.28. The van der Waals surface area contributed by atoms with E-state index >= 15 is 0 Å². The van der Waals surface area contributed by atoms with Crippen LogP contribution in [-0.4, -0.2) is 37.0 Å². The standard InChI is InChI=1S/C21H24N2O4/c1-13-4-2-6-17-18(13)21(26)23(20(17)25)15-9-7-14(8-10-15)19(24)22-12-16-5-3-11-27-16/h2,4,7-10,13,16-18H,3,5-6,11-12H2,1H3,(H,22,24)/t13-,16+,17+,18-/m1/s1. The molecule has 0 radical (unpaired) electrons. The van der Waals surface area contributed by atoms with Gasteiger partial charge in [0.2, 0.25) is 11.8 Å². The molecule has 2 aliphatic heterocycles. The van der Waals surface area contributed by atoms with Gasteiger partial charge in [-0.25, -0.2) is 0 Å². The predicted molar refractivity (Wildman–Crippen MR) is 100 cm³/mol. The van der Waals surface area contributed by atoms with Gasteiger partial charge in [-0.2, -0.15) is 0 Å². The van der Waals surface area contributed by atoms with Crippen molar-refractivity contribution in [2.45, 2.75) is 32.3 Å². The van der Waals surface area contributed by atoms with Crippen molar-refractivity contribution < 1.29 is 19.1 Å². The highest BCUT2D eigenvalue weighted by Gasteiger charge is 2.50. The van der Waals surface area contributed by atoms with Crippen LogP contribution in [0.25, 0.3) is 0 Å². The van der Waals surface area contributed by atoms with Gasteiger partial charge in [-0.1, -0.05) is 19.1 Å².